The molecule has 128 valence electrons. The van der Waals surface area contributed by atoms with Crippen molar-refractivity contribution in [3.8, 4) is 5.75 Å². The first-order valence-electron chi connectivity index (χ1n) is 8.70. The third-order valence-corrected chi connectivity index (χ3v) is 4.91. The maximum atomic E-state index is 13.0. The number of benzene rings is 2. The first-order valence-corrected chi connectivity index (χ1v) is 8.70. The number of carbonyl (C=O) groups excluding carboxylic acids is 1. The van der Waals surface area contributed by atoms with Gasteiger partial charge < -0.3 is 10.1 Å². The molecule has 1 aliphatic carbocycles. The van der Waals surface area contributed by atoms with Crippen molar-refractivity contribution in [1.29, 1.82) is 0 Å². The molecule has 1 aliphatic heterocycles. The molecule has 1 N–H and O–H groups in total. The summed E-state index contributed by atoms with van der Waals surface area (Å²) >= 11 is 0. The minimum absolute atomic E-state index is 0.0293. The first-order chi connectivity index (χ1) is 12.2. The van der Waals surface area contributed by atoms with Crippen LogP contribution >= 0.6 is 0 Å². The SMILES string of the molecule is O=C(NC1CC=C(c2ccc(F)cc2)CC1)c1ccc2c(c1)CCO2. The molecular formula is C21H20FNO2. The van der Waals surface area contributed by atoms with Crippen molar-refractivity contribution in [3.05, 3.63) is 71.0 Å². The summed E-state index contributed by atoms with van der Waals surface area (Å²) in [5.74, 6) is 0.643. The zero-order valence-electron chi connectivity index (χ0n) is 13.9. The van der Waals surface area contributed by atoms with Gasteiger partial charge in [0.25, 0.3) is 5.91 Å². The summed E-state index contributed by atoms with van der Waals surface area (Å²) in [6, 6.07) is 12.4. The second kappa shape index (κ2) is 6.71. The molecule has 2 aromatic carbocycles. The zero-order chi connectivity index (χ0) is 17.2. The number of carbonyl (C=O) groups is 1. The molecule has 1 heterocycles. The van der Waals surface area contributed by atoms with Crippen molar-refractivity contribution < 1.29 is 13.9 Å². The van der Waals surface area contributed by atoms with E-state index in [4.69, 9.17) is 4.74 Å². The minimum Gasteiger partial charge on any atom is -0.493 e. The molecular weight excluding hydrogens is 317 g/mol. The van der Waals surface area contributed by atoms with Gasteiger partial charge in [-0.05, 0) is 66.3 Å². The molecule has 0 fully saturated rings. The van der Waals surface area contributed by atoms with Crippen molar-refractivity contribution in [3.63, 3.8) is 0 Å². The van der Waals surface area contributed by atoms with Gasteiger partial charge in [-0.2, -0.15) is 0 Å². The highest BCUT2D eigenvalue weighted by atomic mass is 19.1. The Hall–Kier alpha value is -2.62. The Bertz CT molecular complexity index is 826. The van der Waals surface area contributed by atoms with E-state index in [1.54, 1.807) is 0 Å². The largest absolute Gasteiger partial charge is 0.493 e. The van der Waals surface area contributed by atoms with Gasteiger partial charge in [0.05, 0.1) is 6.61 Å². The van der Waals surface area contributed by atoms with E-state index < -0.39 is 0 Å². The van der Waals surface area contributed by atoms with Crippen LogP contribution in [-0.2, 0) is 6.42 Å². The monoisotopic (exact) mass is 337 g/mol. The van der Waals surface area contributed by atoms with Gasteiger partial charge in [-0.3, -0.25) is 4.79 Å². The van der Waals surface area contributed by atoms with Crippen LogP contribution in [-0.4, -0.2) is 18.6 Å². The van der Waals surface area contributed by atoms with E-state index in [1.807, 2.05) is 30.3 Å². The zero-order valence-corrected chi connectivity index (χ0v) is 13.9. The Morgan fingerprint density at radius 2 is 1.96 bits per heavy atom. The van der Waals surface area contributed by atoms with Crippen LogP contribution in [0.2, 0.25) is 0 Å². The van der Waals surface area contributed by atoms with Crippen LogP contribution < -0.4 is 10.1 Å². The van der Waals surface area contributed by atoms with Crippen molar-refractivity contribution >= 4 is 11.5 Å². The molecule has 3 nitrogen and oxygen atoms in total. The summed E-state index contributed by atoms with van der Waals surface area (Å²) in [5.41, 5.74) is 4.08. The van der Waals surface area contributed by atoms with Gasteiger partial charge >= 0.3 is 0 Å². The molecule has 4 rings (SSSR count). The summed E-state index contributed by atoms with van der Waals surface area (Å²) in [7, 11) is 0. The quantitative estimate of drug-likeness (QED) is 0.915. The van der Waals surface area contributed by atoms with Gasteiger partial charge in [-0.1, -0.05) is 18.2 Å². The molecule has 1 atom stereocenters. The van der Waals surface area contributed by atoms with E-state index >= 15 is 0 Å². The van der Waals surface area contributed by atoms with E-state index in [1.165, 1.54) is 17.7 Å². The predicted molar refractivity (Wildman–Crippen MR) is 95.1 cm³/mol. The molecule has 4 heteroatoms. The lowest BCUT2D eigenvalue weighted by Crippen LogP contribution is -2.35. The fraction of sp³-hybridized carbons (Fsp3) is 0.286. The summed E-state index contributed by atoms with van der Waals surface area (Å²) in [6.07, 6.45) is 5.59. The molecule has 1 amide bonds. The van der Waals surface area contributed by atoms with Crippen LogP contribution in [0.25, 0.3) is 5.57 Å². The molecule has 2 aromatic rings. The number of hydrogen-bond donors (Lipinski definition) is 1. The summed E-state index contributed by atoms with van der Waals surface area (Å²) in [6.45, 7) is 0.694. The number of amides is 1. The van der Waals surface area contributed by atoms with E-state index in [2.05, 4.69) is 11.4 Å². The van der Waals surface area contributed by atoms with Crippen LogP contribution in [0, 0.1) is 5.82 Å². The van der Waals surface area contributed by atoms with Gasteiger partial charge in [0.1, 0.15) is 11.6 Å². The van der Waals surface area contributed by atoms with Gasteiger partial charge in [-0.25, -0.2) is 4.39 Å². The Labute approximate surface area is 146 Å². The van der Waals surface area contributed by atoms with Crippen LogP contribution in [0.5, 0.6) is 5.75 Å². The molecule has 0 radical (unpaired) electrons. The molecule has 25 heavy (non-hydrogen) atoms. The molecule has 0 saturated heterocycles. The second-order valence-electron chi connectivity index (χ2n) is 6.60. The van der Waals surface area contributed by atoms with E-state index in [0.717, 1.165) is 42.6 Å². The van der Waals surface area contributed by atoms with E-state index in [9.17, 15) is 9.18 Å². The van der Waals surface area contributed by atoms with Crippen LogP contribution in [0.4, 0.5) is 4.39 Å². The fourth-order valence-electron chi connectivity index (χ4n) is 3.49. The maximum absolute atomic E-state index is 13.0. The van der Waals surface area contributed by atoms with Crippen LogP contribution in [0.1, 0.15) is 40.7 Å². The molecule has 0 saturated carbocycles. The lowest BCUT2D eigenvalue weighted by atomic mass is 9.90. The van der Waals surface area contributed by atoms with Gasteiger partial charge in [0.2, 0.25) is 0 Å². The Balaban J connectivity index is 1.39. The van der Waals surface area contributed by atoms with E-state index in [0.29, 0.717) is 12.2 Å². The lowest BCUT2D eigenvalue weighted by Gasteiger charge is -2.23. The standard InChI is InChI=1S/C21H20FNO2/c22-18-6-1-14(2-7-18)15-3-8-19(9-4-15)23-21(24)17-5-10-20-16(13-17)11-12-25-20/h1-3,5-7,10,13,19H,4,8-9,11-12H2,(H,23,24). The number of halogens is 1. The molecule has 2 aliphatic rings. The minimum atomic E-state index is -0.218. The van der Waals surface area contributed by atoms with Crippen molar-refractivity contribution in [1.82, 2.24) is 5.32 Å². The van der Waals surface area contributed by atoms with Gasteiger partial charge in [-0.15, -0.1) is 0 Å². The number of hydrogen-bond acceptors (Lipinski definition) is 2. The second-order valence-corrected chi connectivity index (χ2v) is 6.60. The average molecular weight is 337 g/mol. The molecule has 0 bridgehead atoms. The van der Waals surface area contributed by atoms with Crippen molar-refractivity contribution in [2.24, 2.45) is 0 Å². The number of ether oxygens (including phenoxy) is 1. The Morgan fingerprint density at radius 1 is 1.12 bits per heavy atom. The van der Waals surface area contributed by atoms with Gasteiger partial charge in [0, 0.05) is 18.0 Å². The third kappa shape index (κ3) is 3.43. The average Bonchev–Trinajstić information content (AvgIpc) is 3.11. The lowest BCUT2D eigenvalue weighted by molar-refractivity contribution is 0.0935. The highest BCUT2D eigenvalue weighted by Crippen LogP contribution is 2.28. The Kier molecular flexibility index (Phi) is 4.26. The number of nitrogens with one attached hydrogen (secondary N) is 1. The van der Waals surface area contributed by atoms with Crippen molar-refractivity contribution in [2.45, 2.75) is 31.7 Å². The number of allylic oxidation sites excluding steroid dienone is 1. The van der Waals surface area contributed by atoms with Crippen molar-refractivity contribution in [2.75, 3.05) is 6.61 Å². The third-order valence-electron chi connectivity index (χ3n) is 4.91. The predicted octanol–water partition coefficient (Wildman–Crippen LogP) is 4.13. The maximum Gasteiger partial charge on any atom is 0.251 e. The highest BCUT2D eigenvalue weighted by molar-refractivity contribution is 5.95. The van der Waals surface area contributed by atoms with Gasteiger partial charge in [0.15, 0.2) is 0 Å². The molecule has 0 aromatic heterocycles. The molecule has 0 spiro atoms. The highest BCUT2D eigenvalue weighted by Gasteiger charge is 2.20. The smallest absolute Gasteiger partial charge is 0.251 e. The first kappa shape index (κ1) is 15.9. The van der Waals surface area contributed by atoms with Crippen LogP contribution in [0.3, 0.4) is 0 Å². The molecule has 1 unspecified atom stereocenters. The number of rotatable bonds is 3. The topological polar surface area (TPSA) is 38.3 Å². The number of fused-ring (bicyclic) bond motifs is 1. The normalized spacial score (nSPS) is 18.9. The van der Waals surface area contributed by atoms with Crippen LogP contribution in [0.15, 0.2) is 48.5 Å². The fourth-order valence-corrected chi connectivity index (χ4v) is 3.49. The Morgan fingerprint density at radius 3 is 2.72 bits per heavy atom. The summed E-state index contributed by atoms with van der Waals surface area (Å²) in [5, 5.41) is 3.12. The summed E-state index contributed by atoms with van der Waals surface area (Å²) in [4.78, 5) is 12.5. The summed E-state index contributed by atoms with van der Waals surface area (Å²) < 4.78 is 18.5. The van der Waals surface area contributed by atoms with E-state index in [-0.39, 0.29) is 17.8 Å².